The van der Waals surface area contributed by atoms with Crippen LogP contribution in [0.5, 0.6) is 11.5 Å². The Kier molecular flexibility index (Phi) is 5.61. The van der Waals surface area contributed by atoms with E-state index in [1.54, 1.807) is 17.0 Å². The Hall–Kier alpha value is -3.54. The second kappa shape index (κ2) is 8.65. The van der Waals surface area contributed by atoms with E-state index in [0.29, 0.717) is 18.8 Å². The highest BCUT2D eigenvalue weighted by Gasteiger charge is 2.21. The summed E-state index contributed by atoms with van der Waals surface area (Å²) in [5.74, 6) is 1.22. The van der Waals surface area contributed by atoms with Crippen LogP contribution in [-0.2, 0) is 0 Å². The van der Waals surface area contributed by atoms with Crippen LogP contribution in [0.2, 0.25) is 0 Å². The first-order valence-electron chi connectivity index (χ1n) is 9.57. The number of nitrogens with one attached hydrogen (secondary N) is 1. The van der Waals surface area contributed by atoms with E-state index in [9.17, 15) is 9.18 Å². The van der Waals surface area contributed by atoms with Crippen LogP contribution in [0.25, 0.3) is 0 Å². The molecule has 1 aliphatic heterocycles. The van der Waals surface area contributed by atoms with Gasteiger partial charge >= 0.3 is 6.03 Å². The van der Waals surface area contributed by atoms with Crippen LogP contribution in [0.15, 0.2) is 78.9 Å². The summed E-state index contributed by atoms with van der Waals surface area (Å²) < 4.78 is 19.1. The lowest BCUT2D eigenvalue weighted by molar-refractivity contribution is 0.208. The highest BCUT2D eigenvalue weighted by Crippen LogP contribution is 2.25. The summed E-state index contributed by atoms with van der Waals surface area (Å²) in [5.41, 5.74) is 1.56. The van der Waals surface area contributed by atoms with Gasteiger partial charge in [0.05, 0.1) is 0 Å². The molecular weight excluding hydrogens is 369 g/mol. The first-order chi connectivity index (χ1) is 14.2. The molecule has 3 aromatic carbocycles. The molecule has 1 fully saturated rings. The van der Waals surface area contributed by atoms with Crippen molar-refractivity contribution in [3.63, 3.8) is 0 Å². The molecule has 148 valence electrons. The van der Waals surface area contributed by atoms with Crippen LogP contribution in [0.3, 0.4) is 0 Å². The van der Waals surface area contributed by atoms with Gasteiger partial charge in [-0.2, -0.15) is 0 Å². The first-order valence-corrected chi connectivity index (χ1v) is 9.57. The second-order valence-corrected chi connectivity index (χ2v) is 6.82. The minimum Gasteiger partial charge on any atom is -0.457 e. The number of para-hydroxylation sites is 1. The van der Waals surface area contributed by atoms with Gasteiger partial charge in [0.15, 0.2) is 0 Å². The van der Waals surface area contributed by atoms with Gasteiger partial charge in [-0.15, -0.1) is 0 Å². The van der Waals surface area contributed by atoms with Crippen LogP contribution in [0.4, 0.5) is 20.6 Å². The van der Waals surface area contributed by atoms with E-state index in [4.69, 9.17) is 4.74 Å². The maximum atomic E-state index is 13.3. The number of nitrogens with zero attached hydrogens (tertiary/aromatic N) is 2. The van der Waals surface area contributed by atoms with Crippen molar-refractivity contribution in [3.8, 4) is 11.5 Å². The molecule has 2 amide bonds. The lowest BCUT2D eigenvalue weighted by Crippen LogP contribution is -2.50. The van der Waals surface area contributed by atoms with Gasteiger partial charge in [-0.3, -0.25) is 0 Å². The number of rotatable bonds is 4. The first kappa shape index (κ1) is 18.8. The maximum absolute atomic E-state index is 13.3. The third-order valence-corrected chi connectivity index (χ3v) is 4.82. The fourth-order valence-electron chi connectivity index (χ4n) is 3.29. The molecule has 0 aliphatic carbocycles. The van der Waals surface area contributed by atoms with Crippen molar-refractivity contribution in [3.05, 3.63) is 84.7 Å². The molecule has 1 N–H and O–H groups in total. The second-order valence-electron chi connectivity index (χ2n) is 6.82. The maximum Gasteiger partial charge on any atom is 0.321 e. The summed E-state index contributed by atoms with van der Waals surface area (Å²) in [5, 5.41) is 2.75. The summed E-state index contributed by atoms with van der Waals surface area (Å²) >= 11 is 0. The Bertz CT molecular complexity index is 955. The number of benzene rings is 3. The van der Waals surface area contributed by atoms with Gasteiger partial charge in [-0.1, -0.05) is 24.3 Å². The van der Waals surface area contributed by atoms with Gasteiger partial charge in [0.25, 0.3) is 0 Å². The number of piperazine rings is 1. The summed E-state index contributed by atoms with van der Waals surface area (Å²) in [6, 6.07) is 23.3. The van der Waals surface area contributed by atoms with Gasteiger partial charge in [-0.25, -0.2) is 9.18 Å². The van der Waals surface area contributed by atoms with E-state index < -0.39 is 0 Å². The van der Waals surface area contributed by atoms with E-state index in [-0.39, 0.29) is 11.8 Å². The van der Waals surface area contributed by atoms with Crippen molar-refractivity contribution < 1.29 is 13.9 Å². The third kappa shape index (κ3) is 4.85. The van der Waals surface area contributed by atoms with E-state index in [1.165, 1.54) is 12.1 Å². The highest BCUT2D eigenvalue weighted by molar-refractivity contribution is 5.89. The number of ether oxygens (including phenoxy) is 1. The quantitative estimate of drug-likeness (QED) is 0.683. The smallest absolute Gasteiger partial charge is 0.321 e. The van der Waals surface area contributed by atoms with Crippen molar-refractivity contribution in [1.82, 2.24) is 4.90 Å². The van der Waals surface area contributed by atoms with E-state index in [0.717, 1.165) is 30.3 Å². The highest BCUT2D eigenvalue weighted by atomic mass is 19.1. The zero-order valence-corrected chi connectivity index (χ0v) is 15.9. The average Bonchev–Trinajstić information content (AvgIpc) is 2.75. The van der Waals surface area contributed by atoms with Crippen molar-refractivity contribution in [2.45, 2.75) is 0 Å². The molecule has 0 spiro atoms. The Morgan fingerprint density at radius 1 is 0.828 bits per heavy atom. The zero-order valence-electron chi connectivity index (χ0n) is 15.9. The largest absolute Gasteiger partial charge is 0.457 e. The molecule has 0 saturated carbocycles. The van der Waals surface area contributed by atoms with Crippen LogP contribution in [0.1, 0.15) is 0 Å². The molecule has 0 radical (unpaired) electrons. The molecule has 0 unspecified atom stereocenters. The molecule has 1 heterocycles. The van der Waals surface area contributed by atoms with Gasteiger partial charge in [-0.05, 0) is 54.6 Å². The molecule has 0 atom stereocenters. The van der Waals surface area contributed by atoms with E-state index in [1.807, 2.05) is 54.6 Å². The molecule has 4 rings (SSSR count). The number of carbonyl (C=O) groups is 1. The standard InChI is InChI=1S/C23H22FN3O2/c24-18-5-4-6-19(17-18)25-23(28)27-15-13-26(14-16-27)20-9-11-22(12-10-20)29-21-7-2-1-3-8-21/h1-12,17H,13-16H2,(H,25,28). The fourth-order valence-corrected chi connectivity index (χ4v) is 3.29. The Balaban J connectivity index is 1.30. The Morgan fingerprint density at radius 3 is 2.21 bits per heavy atom. The minimum atomic E-state index is -0.368. The molecule has 6 heteroatoms. The number of hydrogen-bond donors (Lipinski definition) is 1. The lowest BCUT2D eigenvalue weighted by Gasteiger charge is -2.36. The number of anilines is 2. The summed E-state index contributed by atoms with van der Waals surface area (Å²) in [4.78, 5) is 16.4. The van der Waals surface area contributed by atoms with Crippen LogP contribution in [-0.4, -0.2) is 37.1 Å². The van der Waals surface area contributed by atoms with E-state index >= 15 is 0 Å². The zero-order chi connectivity index (χ0) is 20.1. The Morgan fingerprint density at radius 2 is 1.52 bits per heavy atom. The molecule has 1 saturated heterocycles. The van der Waals surface area contributed by atoms with Crippen LogP contribution >= 0.6 is 0 Å². The minimum absolute atomic E-state index is 0.207. The summed E-state index contributed by atoms with van der Waals surface area (Å²) in [6.45, 7) is 2.66. The number of hydrogen-bond acceptors (Lipinski definition) is 3. The van der Waals surface area contributed by atoms with Gasteiger partial charge in [0.2, 0.25) is 0 Å². The van der Waals surface area contributed by atoms with Crippen LogP contribution in [0, 0.1) is 5.82 Å². The normalized spacial score (nSPS) is 13.8. The number of halogens is 1. The van der Waals surface area contributed by atoms with E-state index in [2.05, 4.69) is 10.2 Å². The predicted octanol–water partition coefficient (Wildman–Crippen LogP) is 4.97. The lowest BCUT2D eigenvalue weighted by atomic mass is 10.2. The molecule has 3 aromatic rings. The van der Waals surface area contributed by atoms with Crippen molar-refractivity contribution >= 4 is 17.4 Å². The molecule has 0 bridgehead atoms. The summed E-state index contributed by atoms with van der Waals surface area (Å²) in [6.07, 6.45) is 0. The van der Waals surface area contributed by atoms with Gasteiger partial charge in [0.1, 0.15) is 17.3 Å². The Labute approximate surface area is 169 Å². The van der Waals surface area contributed by atoms with Crippen molar-refractivity contribution in [1.29, 1.82) is 0 Å². The van der Waals surface area contributed by atoms with Crippen molar-refractivity contribution in [2.75, 3.05) is 36.4 Å². The van der Waals surface area contributed by atoms with Crippen molar-refractivity contribution in [2.24, 2.45) is 0 Å². The monoisotopic (exact) mass is 391 g/mol. The van der Waals surface area contributed by atoms with Crippen LogP contribution < -0.4 is 15.0 Å². The average molecular weight is 391 g/mol. The number of carbonyl (C=O) groups excluding carboxylic acids is 1. The third-order valence-electron chi connectivity index (χ3n) is 4.82. The SMILES string of the molecule is O=C(Nc1cccc(F)c1)N1CCN(c2ccc(Oc3ccccc3)cc2)CC1. The fraction of sp³-hybridized carbons (Fsp3) is 0.174. The molecule has 5 nitrogen and oxygen atoms in total. The molecule has 0 aromatic heterocycles. The number of urea groups is 1. The molecular formula is C23H22FN3O2. The molecule has 1 aliphatic rings. The molecule has 29 heavy (non-hydrogen) atoms. The predicted molar refractivity (Wildman–Crippen MR) is 112 cm³/mol. The van der Waals surface area contributed by atoms with Gasteiger partial charge < -0.3 is 19.9 Å². The summed E-state index contributed by atoms with van der Waals surface area (Å²) in [7, 11) is 0. The number of amides is 2. The topological polar surface area (TPSA) is 44.8 Å². The van der Waals surface area contributed by atoms with Gasteiger partial charge in [0, 0.05) is 37.6 Å².